The highest BCUT2D eigenvalue weighted by Crippen LogP contribution is 2.18. The molecule has 0 aliphatic heterocycles. The topological polar surface area (TPSA) is 102 Å². The summed E-state index contributed by atoms with van der Waals surface area (Å²) < 4.78 is 14.3. The minimum atomic E-state index is -0.0542. The molecule has 3 heterocycles. The SMILES string of the molecule is CC1=c2c(CCNc3cc(Nc4ccc(C#N)cn4)nc(C)n3)c(C)[nH]c2=C(F)CC1. The highest BCUT2D eigenvalue weighted by atomic mass is 19.1. The van der Waals surface area contributed by atoms with E-state index in [1.165, 1.54) is 11.8 Å². The molecular weight excluding hydrogens is 393 g/mol. The molecule has 0 radical (unpaired) electrons. The first-order valence-corrected chi connectivity index (χ1v) is 10.2. The van der Waals surface area contributed by atoms with Gasteiger partial charge in [0, 0.05) is 36.1 Å². The Morgan fingerprint density at radius 3 is 2.68 bits per heavy atom. The van der Waals surface area contributed by atoms with E-state index in [1.54, 1.807) is 12.1 Å². The van der Waals surface area contributed by atoms with Crippen LogP contribution in [0.2, 0.25) is 0 Å². The molecule has 0 fully saturated rings. The molecule has 158 valence electrons. The fraction of sp³-hybridized carbons (Fsp3) is 0.304. The second-order valence-electron chi connectivity index (χ2n) is 7.70. The van der Waals surface area contributed by atoms with E-state index in [0.29, 0.717) is 47.2 Å². The van der Waals surface area contributed by atoms with E-state index in [4.69, 9.17) is 5.26 Å². The molecule has 0 atom stereocenters. The summed E-state index contributed by atoms with van der Waals surface area (Å²) in [6.45, 7) is 6.56. The third-order valence-electron chi connectivity index (χ3n) is 5.40. The Labute approximate surface area is 179 Å². The lowest BCUT2D eigenvalue weighted by atomic mass is 10.00. The number of anilines is 3. The average Bonchev–Trinajstić information content (AvgIpc) is 3.08. The zero-order valence-corrected chi connectivity index (χ0v) is 17.8. The van der Waals surface area contributed by atoms with Crippen LogP contribution in [0.15, 0.2) is 24.4 Å². The lowest BCUT2D eigenvalue weighted by Gasteiger charge is -2.11. The van der Waals surface area contributed by atoms with Crippen LogP contribution in [0.25, 0.3) is 11.4 Å². The lowest BCUT2D eigenvalue weighted by Crippen LogP contribution is -2.32. The van der Waals surface area contributed by atoms with Crippen LogP contribution < -0.4 is 21.2 Å². The molecule has 7 nitrogen and oxygen atoms in total. The van der Waals surface area contributed by atoms with Crippen LogP contribution in [-0.2, 0) is 6.42 Å². The molecule has 3 aromatic rings. The van der Waals surface area contributed by atoms with E-state index < -0.39 is 0 Å². The largest absolute Gasteiger partial charge is 0.370 e. The summed E-state index contributed by atoms with van der Waals surface area (Å²) in [5, 5.41) is 17.1. The first kappa shape index (κ1) is 20.5. The van der Waals surface area contributed by atoms with E-state index >= 15 is 0 Å². The molecule has 0 bridgehead atoms. The number of nitriles is 1. The van der Waals surface area contributed by atoms with E-state index in [1.807, 2.05) is 26.0 Å². The zero-order chi connectivity index (χ0) is 22.0. The first-order valence-electron chi connectivity index (χ1n) is 10.2. The third-order valence-corrected chi connectivity index (χ3v) is 5.40. The van der Waals surface area contributed by atoms with E-state index in [0.717, 1.165) is 29.3 Å². The number of nitrogens with zero attached hydrogens (tertiary/aromatic N) is 4. The summed E-state index contributed by atoms with van der Waals surface area (Å²) in [5.74, 6) is 2.48. The van der Waals surface area contributed by atoms with Gasteiger partial charge in [0.1, 0.15) is 35.2 Å². The van der Waals surface area contributed by atoms with Gasteiger partial charge in [0.05, 0.1) is 10.9 Å². The van der Waals surface area contributed by atoms with Crippen molar-refractivity contribution in [3.05, 3.63) is 57.6 Å². The van der Waals surface area contributed by atoms with Gasteiger partial charge >= 0.3 is 0 Å². The number of aromatic amines is 1. The fourth-order valence-corrected chi connectivity index (χ4v) is 3.90. The maximum Gasteiger partial charge on any atom is 0.137 e. The normalized spacial score (nSPS) is 13.0. The lowest BCUT2D eigenvalue weighted by molar-refractivity contribution is 0.687. The van der Waals surface area contributed by atoms with Crippen LogP contribution in [0.1, 0.15) is 42.4 Å². The van der Waals surface area contributed by atoms with E-state index in [9.17, 15) is 4.39 Å². The Balaban J connectivity index is 1.48. The summed E-state index contributed by atoms with van der Waals surface area (Å²) in [4.78, 5) is 16.3. The molecule has 3 N–H and O–H groups in total. The summed E-state index contributed by atoms with van der Waals surface area (Å²) >= 11 is 0. The van der Waals surface area contributed by atoms with Crippen molar-refractivity contribution in [2.45, 2.75) is 40.0 Å². The molecule has 0 aromatic carbocycles. The molecule has 0 saturated carbocycles. The summed E-state index contributed by atoms with van der Waals surface area (Å²) in [5.41, 5.74) is 3.89. The van der Waals surface area contributed by atoms with Crippen molar-refractivity contribution in [1.29, 1.82) is 5.26 Å². The Hall–Kier alpha value is -3.73. The highest BCUT2D eigenvalue weighted by Gasteiger charge is 2.15. The van der Waals surface area contributed by atoms with Gasteiger partial charge in [-0.3, -0.25) is 0 Å². The molecule has 0 amide bonds. The fourth-order valence-electron chi connectivity index (χ4n) is 3.90. The molecule has 4 rings (SSSR count). The summed E-state index contributed by atoms with van der Waals surface area (Å²) in [6.07, 6.45) is 3.50. The Bertz CT molecular complexity index is 1280. The van der Waals surface area contributed by atoms with Crippen molar-refractivity contribution >= 4 is 28.9 Å². The van der Waals surface area contributed by atoms with Crippen molar-refractivity contribution in [1.82, 2.24) is 19.9 Å². The number of H-pyrrole nitrogens is 1. The van der Waals surface area contributed by atoms with E-state index in [-0.39, 0.29) is 5.83 Å². The van der Waals surface area contributed by atoms with Crippen molar-refractivity contribution in [3.8, 4) is 6.07 Å². The third kappa shape index (κ3) is 4.40. The van der Waals surface area contributed by atoms with Gasteiger partial charge in [-0.1, -0.05) is 5.57 Å². The van der Waals surface area contributed by atoms with Crippen molar-refractivity contribution in [2.24, 2.45) is 0 Å². The molecule has 0 saturated heterocycles. The number of pyridine rings is 1. The monoisotopic (exact) mass is 417 g/mol. The first-order chi connectivity index (χ1) is 14.9. The second-order valence-corrected chi connectivity index (χ2v) is 7.70. The predicted molar refractivity (Wildman–Crippen MR) is 119 cm³/mol. The maximum atomic E-state index is 14.3. The van der Waals surface area contributed by atoms with Crippen LogP contribution >= 0.6 is 0 Å². The van der Waals surface area contributed by atoms with Crippen molar-refractivity contribution in [3.63, 3.8) is 0 Å². The van der Waals surface area contributed by atoms with Gasteiger partial charge in [-0.15, -0.1) is 0 Å². The summed E-state index contributed by atoms with van der Waals surface area (Å²) in [7, 11) is 0. The van der Waals surface area contributed by atoms with E-state index in [2.05, 4.69) is 37.5 Å². The maximum absolute atomic E-state index is 14.3. The number of aromatic nitrogens is 4. The van der Waals surface area contributed by atoms with Crippen molar-refractivity contribution < 1.29 is 4.39 Å². The van der Waals surface area contributed by atoms with Gasteiger partial charge in [0.25, 0.3) is 0 Å². The average molecular weight is 417 g/mol. The van der Waals surface area contributed by atoms with Gasteiger partial charge in [-0.25, -0.2) is 19.3 Å². The number of rotatable bonds is 6. The number of aryl methyl sites for hydroxylation is 2. The van der Waals surface area contributed by atoms with Crippen LogP contribution in [0, 0.1) is 25.2 Å². The van der Waals surface area contributed by atoms with Crippen molar-refractivity contribution in [2.75, 3.05) is 17.2 Å². The number of hydrogen-bond acceptors (Lipinski definition) is 6. The van der Waals surface area contributed by atoms with Crippen LogP contribution in [0.4, 0.5) is 21.8 Å². The molecule has 31 heavy (non-hydrogen) atoms. The number of fused-ring (bicyclic) bond motifs is 1. The van der Waals surface area contributed by atoms with Crippen LogP contribution in [0.3, 0.4) is 0 Å². The molecule has 0 unspecified atom stereocenters. The van der Waals surface area contributed by atoms with Gasteiger partial charge < -0.3 is 15.6 Å². The summed E-state index contributed by atoms with van der Waals surface area (Å²) in [6, 6.07) is 7.29. The predicted octanol–water partition coefficient (Wildman–Crippen LogP) is 3.13. The standard InChI is InChI=1S/C23H24FN7/c1-13-4-6-18(24)23-22(13)17(14(2)28-23)8-9-26-20-10-21(30-15(3)29-20)31-19-7-5-16(11-25)12-27-19/h5,7,10,12,28H,4,6,8-9H2,1-3H3,(H2,26,27,29,30,31). The highest BCUT2D eigenvalue weighted by molar-refractivity contribution is 5.57. The molecule has 8 heteroatoms. The minimum absolute atomic E-state index is 0.0542. The van der Waals surface area contributed by atoms with Crippen LogP contribution in [-0.4, -0.2) is 26.5 Å². The Morgan fingerprint density at radius 1 is 1.13 bits per heavy atom. The van der Waals surface area contributed by atoms with Gasteiger partial charge in [0.2, 0.25) is 0 Å². The smallest absolute Gasteiger partial charge is 0.137 e. The zero-order valence-electron chi connectivity index (χ0n) is 17.8. The molecule has 1 aliphatic carbocycles. The van der Waals surface area contributed by atoms with Gasteiger partial charge in [0.15, 0.2) is 0 Å². The number of nitrogens with one attached hydrogen (secondary N) is 3. The minimum Gasteiger partial charge on any atom is -0.370 e. The molecule has 3 aromatic heterocycles. The molecule has 0 spiro atoms. The number of halogens is 1. The Morgan fingerprint density at radius 2 is 1.94 bits per heavy atom. The van der Waals surface area contributed by atoms with Gasteiger partial charge in [-0.2, -0.15) is 5.26 Å². The number of hydrogen-bond donors (Lipinski definition) is 3. The van der Waals surface area contributed by atoms with Crippen LogP contribution in [0.5, 0.6) is 0 Å². The quantitative estimate of drug-likeness (QED) is 0.570. The second kappa shape index (κ2) is 8.56. The molecule has 1 aliphatic rings. The Kier molecular flexibility index (Phi) is 5.67. The van der Waals surface area contributed by atoms with Gasteiger partial charge in [-0.05, 0) is 51.3 Å². The molecular formula is C23H24FN7.